The largest absolute Gasteiger partial charge is 0.481 e. The maximum atomic E-state index is 13.7. The van der Waals surface area contributed by atoms with Gasteiger partial charge in [-0.05, 0) is 56.0 Å². The summed E-state index contributed by atoms with van der Waals surface area (Å²) in [7, 11) is 0. The van der Waals surface area contributed by atoms with Gasteiger partial charge < -0.3 is 15.4 Å². The SMILES string of the molecule is CCc1oc2ccc(N=c3n(N)c(=O)n(CC4(C(=O)O)CC4)c(=O)n3Cc3ccc(C)cc3)cc2c1C. The summed E-state index contributed by atoms with van der Waals surface area (Å²) in [6.45, 7) is 5.81. The highest BCUT2D eigenvalue weighted by Gasteiger charge is 2.51. The van der Waals surface area contributed by atoms with E-state index in [1.54, 1.807) is 12.1 Å². The van der Waals surface area contributed by atoms with E-state index in [4.69, 9.17) is 10.3 Å². The van der Waals surface area contributed by atoms with Crippen LogP contribution in [-0.4, -0.2) is 24.9 Å². The van der Waals surface area contributed by atoms with E-state index in [1.165, 1.54) is 4.57 Å². The molecule has 10 heteroatoms. The number of nitrogens with two attached hydrogens (primary N) is 1. The number of rotatable bonds is 7. The minimum atomic E-state index is -1.13. The number of nitrogens with zero attached hydrogens (tertiary/aromatic N) is 4. The molecular formula is C27H29N5O5. The number of fused-ring (bicyclic) bond motifs is 1. The standard InChI is InChI=1S/C27H29N5O5/c1-4-21-17(3)20-13-19(9-10-22(20)37-21)29-24-30(14-18-7-5-16(2)6-8-18)25(35)31(26(36)32(24)28)15-27(11-12-27)23(33)34/h5-10,13H,4,11-12,14-15,28H2,1-3H3,(H,33,34). The third-order valence-electron chi connectivity index (χ3n) is 7.15. The number of nitrogen functional groups attached to an aromatic ring is 1. The summed E-state index contributed by atoms with van der Waals surface area (Å²) in [4.78, 5) is 43.3. The molecule has 2 heterocycles. The molecule has 1 fully saturated rings. The minimum absolute atomic E-state index is 0.0387. The topological polar surface area (TPSA) is 138 Å². The smallest absolute Gasteiger partial charge is 0.353 e. The third-order valence-corrected chi connectivity index (χ3v) is 7.15. The van der Waals surface area contributed by atoms with Crippen LogP contribution in [-0.2, 0) is 24.3 Å². The molecule has 192 valence electrons. The van der Waals surface area contributed by atoms with Gasteiger partial charge in [-0.3, -0.25) is 9.36 Å². The number of benzene rings is 2. The predicted octanol–water partition coefficient (Wildman–Crippen LogP) is 2.60. The van der Waals surface area contributed by atoms with E-state index >= 15 is 0 Å². The van der Waals surface area contributed by atoms with E-state index in [1.807, 2.05) is 51.1 Å². The molecule has 0 radical (unpaired) electrons. The van der Waals surface area contributed by atoms with Gasteiger partial charge in [-0.25, -0.2) is 19.1 Å². The van der Waals surface area contributed by atoms with Gasteiger partial charge in [0.1, 0.15) is 11.3 Å². The van der Waals surface area contributed by atoms with Crippen LogP contribution in [0.25, 0.3) is 11.0 Å². The quantitative estimate of drug-likeness (QED) is 0.372. The molecular weight excluding hydrogens is 474 g/mol. The lowest BCUT2D eigenvalue weighted by Gasteiger charge is -2.16. The van der Waals surface area contributed by atoms with Crippen molar-refractivity contribution in [2.24, 2.45) is 10.4 Å². The van der Waals surface area contributed by atoms with Crippen molar-refractivity contribution in [3.8, 4) is 0 Å². The summed E-state index contributed by atoms with van der Waals surface area (Å²) in [6.07, 6.45) is 1.54. The number of hydrogen-bond acceptors (Lipinski definition) is 6. The fourth-order valence-corrected chi connectivity index (χ4v) is 4.60. The lowest BCUT2D eigenvalue weighted by Crippen LogP contribution is -2.58. The second-order valence-corrected chi connectivity index (χ2v) is 9.77. The first-order valence-corrected chi connectivity index (χ1v) is 12.2. The number of carboxylic acid groups (broad SMARTS) is 1. The van der Waals surface area contributed by atoms with Crippen molar-refractivity contribution in [3.63, 3.8) is 0 Å². The van der Waals surface area contributed by atoms with Crippen LogP contribution in [0.4, 0.5) is 5.69 Å². The van der Waals surface area contributed by atoms with Crippen molar-refractivity contribution >= 4 is 22.6 Å². The molecule has 10 nitrogen and oxygen atoms in total. The monoisotopic (exact) mass is 503 g/mol. The normalized spacial score (nSPS) is 14.8. The van der Waals surface area contributed by atoms with Crippen molar-refractivity contribution in [2.75, 3.05) is 5.84 Å². The maximum absolute atomic E-state index is 13.7. The van der Waals surface area contributed by atoms with Gasteiger partial charge in [0, 0.05) is 18.4 Å². The number of carboxylic acids is 1. The van der Waals surface area contributed by atoms with Gasteiger partial charge >= 0.3 is 17.3 Å². The van der Waals surface area contributed by atoms with Gasteiger partial charge in [-0.2, -0.15) is 4.68 Å². The molecule has 0 spiro atoms. The van der Waals surface area contributed by atoms with Crippen molar-refractivity contribution < 1.29 is 14.3 Å². The molecule has 2 aromatic heterocycles. The molecule has 0 aliphatic heterocycles. The highest BCUT2D eigenvalue weighted by Crippen LogP contribution is 2.46. The summed E-state index contributed by atoms with van der Waals surface area (Å²) in [5.74, 6) is 6.08. The Morgan fingerprint density at radius 2 is 1.78 bits per heavy atom. The van der Waals surface area contributed by atoms with Crippen LogP contribution >= 0.6 is 0 Å². The first kappa shape index (κ1) is 24.4. The highest BCUT2D eigenvalue weighted by atomic mass is 16.4. The third kappa shape index (κ3) is 4.28. The van der Waals surface area contributed by atoms with E-state index in [0.29, 0.717) is 18.5 Å². The molecule has 2 aromatic carbocycles. The van der Waals surface area contributed by atoms with E-state index in [-0.39, 0.29) is 18.7 Å². The molecule has 37 heavy (non-hydrogen) atoms. The molecule has 1 saturated carbocycles. The molecule has 3 N–H and O–H groups in total. The van der Waals surface area contributed by atoms with Crippen molar-refractivity contribution in [1.82, 2.24) is 13.8 Å². The predicted molar refractivity (Wildman–Crippen MR) is 138 cm³/mol. The zero-order chi connectivity index (χ0) is 26.5. The lowest BCUT2D eigenvalue weighted by atomic mass is 10.1. The summed E-state index contributed by atoms with van der Waals surface area (Å²) in [6, 6.07) is 13.0. The van der Waals surface area contributed by atoms with Crippen molar-refractivity contribution in [1.29, 1.82) is 0 Å². The summed E-state index contributed by atoms with van der Waals surface area (Å²) < 4.78 is 8.93. The Bertz CT molecular complexity index is 1720. The Balaban J connectivity index is 1.72. The van der Waals surface area contributed by atoms with Crippen LogP contribution < -0.4 is 22.8 Å². The molecule has 1 aliphatic rings. The van der Waals surface area contributed by atoms with E-state index in [2.05, 4.69) is 4.99 Å². The van der Waals surface area contributed by atoms with Gasteiger partial charge in [0.15, 0.2) is 0 Å². The van der Waals surface area contributed by atoms with Crippen LogP contribution in [0.5, 0.6) is 0 Å². The zero-order valence-electron chi connectivity index (χ0n) is 21.0. The van der Waals surface area contributed by atoms with Gasteiger partial charge in [0.05, 0.1) is 17.6 Å². The Kier molecular flexibility index (Phi) is 5.89. The van der Waals surface area contributed by atoms with Crippen LogP contribution in [0.1, 0.15) is 42.2 Å². The number of hydrogen-bond donors (Lipinski definition) is 2. The van der Waals surface area contributed by atoms with Gasteiger partial charge in [-0.15, -0.1) is 0 Å². The number of carbonyl (C=O) groups is 1. The molecule has 1 aliphatic carbocycles. The van der Waals surface area contributed by atoms with Crippen LogP contribution in [0, 0.1) is 19.3 Å². The molecule has 0 bridgehead atoms. The molecule has 0 atom stereocenters. The zero-order valence-corrected chi connectivity index (χ0v) is 21.0. The second-order valence-electron chi connectivity index (χ2n) is 9.77. The van der Waals surface area contributed by atoms with Crippen molar-refractivity contribution in [2.45, 2.75) is 53.1 Å². The molecule has 0 unspecified atom stereocenters. The van der Waals surface area contributed by atoms with Crippen molar-refractivity contribution in [3.05, 3.63) is 91.5 Å². The summed E-state index contributed by atoms with van der Waals surface area (Å²) in [5, 5.41) is 10.5. The summed E-state index contributed by atoms with van der Waals surface area (Å²) >= 11 is 0. The van der Waals surface area contributed by atoms with Gasteiger partial charge in [0.2, 0.25) is 5.62 Å². The first-order valence-electron chi connectivity index (χ1n) is 12.2. The van der Waals surface area contributed by atoms with Gasteiger partial charge in [-0.1, -0.05) is 36.8 Å². The minimum Gasteiger partial charge on any atom is -0.481 e. The number of aryl methyl sites for hydroxylation is 3. The fraction of sp³-hybridized carbons (Fsp3) is 0.333. The second kappa shape index (κ2) is 8.95. The molecule has 5 rings (SSSR count). The number of aromatic nitrogens is 3. The fourth-order valence-electron chi connectivity index (χ4n) is 4.60. The van der Waals surface area contributed by atoms with E-state index in [0.717, 1.165) is 49.1 Å². The van der Waals surface area contributed by atoms with Crippen LogP contribution in [0.3, 0.4) is 0 Å². The maximum Gasteiger partial charge on any atom is 0.353 e. The van der Waals surface area contributed by atoms with E-state index in [9.17, 15) is 19.5 Å². The lowest BCUT2D eigenvalue weighted by molar-refractivity contribution is -0.144. The van der Waals surface area contributed by atoms with Crippen LogP contribution in [0.15, 0.2) is 61.5 Å². The molecule has 4 aromatic rings. The number of furan rings is 1. The summed E-state index contributed by atoms with van der Waals surface area (Å²) in [5.41, 5.74) is 1.46. The van der Waals surface area contributed by atoms with Gasteiger partial charge in [0.25, 0.3) is 0 Å². The Labute approximate surface area is 211 Å². The first-order chi connectivity index (χ1) is 17.6. The highest BCUT2D eigenvalue weighted by molar-refractivity contribution is 5.84. The average Bonchev–Trinajstić information content (AvgIpc) is 3.61. The average molecular weight is 504 g/mol. The molecule has 0 saturated heterocycles. The Morgan fingerprint density at radius 3 is 2.41 bits per heavy atom. The molecule has 0 amide bonds. The van der Waals surface area contributed by atoms with E-state index < -0.39 is 22.8 Å². The van der Waals surface area contributed by atoms with Crippen LogP contribution in [0.2, 0.25) is 0 Å². The Morgan fingerprint density at radius 1 is 1.08 bits per heavy atom. The Hall–Kier alpha value is -4.34. The number of aliphatic carboxylic acids is 1.